The number of aryl methyl sites for hydroxylation is 1. The fraction of sp³-hybridized carbons (Fsp3) is 0.471. The van der Waals surface area contributed by atoms with Crippen LogP contribution in [0.1, 0.15) is 45.6 Å². The summed E-state index contributed by atoms with van der Waals surface area (Å²) in [4.78, 5) is 33.9. The van der Waals surface area contributed by atoms with Crippen molar-refractivity contribution in [3.8, 4) is 0 Å². The molecule has 0 saturated carbocycles. The van der Waals surface area contributed by atoms with Gasteiger partial charge in [-0.05, 0) is 30.9 Å². The molecular weight excluding hydrogens is 404 g/mol. The topological polar surface area (TPSA) is 78.9 Å². The predicted molar refractivity (Wildman–Crippen MR) is 89.7 cm³/mol. The van der Waals surface area contributed by atoms with E-state index in [0.717, 1.165) is 20.8 Å². The molecule has 6 nitrogen and oxygen atoms in total. The van der Waals surface area contributed by atoms with E-state index < -0.39 is 50.0 Å². The monoisotopic (exact) mass is 424 g/mol. The van der Waals surface area contributed by atoms with Crippen molar-refractivity contribution in [3.05, 3.63) is 34.9 Å². The third-order valence-electron chi connectivity index (χ3n) is 3.50. The van der Waals surface area contributed by atoms with Gasteiger partial charge in [0.15, 0.2) is 23.3 Å². The smallest absolute Gasteiger partial charge is 0.455 e. The Labute approximate surface area is 160 Å². The van der Waals surface area contributed by atoms with Crippen molar-refractivity contribution in [2.24, 2.45) is 0 Å². The van der Waals surface area contributed by atoms with Gasteiger partial charge in [0.2, 0.25) is 0 Å². The van der Waals surface area contributed by atoms with E-state index in [4.69, 9.17) is 13.3 Å². The summed E-state index contributed by atoms with van der Waals surface area (Å²) in [7, 11) is -3.94. The molecule has 1 rings (SSSR count). The third-order valence-corrected chi connectivity index (χ3v) is 6.27. The zero-order chi connectivity index (χ0) is 21.5. The molecule has 156 valence electrons. The van der Waals surface area contributed by atoms with Gasteiger partial charge < -0.3 is 13.3 Å². The van der Waals surface area contributed by atoms with Crippen LogP contribution in [0.5, 0.6) is 0 Å². The van der Waals surface area contributed by atoms with Crippen LogP contribution >= 0.6 is 0 Å². The first-order chi connectivity index (χ1) is 13.0. The number of carbonyl (C=O) groups excluding carboxylic acids is 3. The molecule has 0 bridgehead atoms. The summed E-state index contributed by atoms with van der Waals surface area (Å²) >= 11 is 0. The Bertz CT molecular complexity index is 715. The summed E-state index contributed by atoms with van der Waals surface area (Å²) in [6.45, 7) is 3.19. The van der Waals surface area contributed by atoms with Crippen LogP contribution in [-0.4, -0.2) is 26.7 Å². The SMILES string of the molecule is CC(=O)O[Si](CCCCCc1cc(F)c(F)c(F)c1F)(OC(C)=O)OC(C)=O. The molecule has 0 saturated heterocycles. The Kier molecular flexibility index (Phi) is 8.60. The minimum Gasteiger partial charge on any atom is -0.455 e. The maximum Gasteiger partial charge on any atom is 0.705 e. The van der Waals surface area contributed by atoms with E-state index in [9.17, 15) is 31.9 Å². The van der Waals surface area contributed by atoms with Gasteiger partial charge in [0.25, 0.3) is 17.9 Å². The fourth-order valence-electron chi connectivity index (χ4n) is 2.51. The van der Waals surface area contributed by atoms with E-state index in [2.05, 4.69) is 0 Å². The number of hydrogen-bond acceptors (Lipinski definition) is 6. The van der Waals surface area contributed by atoms with Crippen LogP contribution in [0.2, 0.25) is 6.04 Å². The largest absolute Gasteiger partial charge is 0.705 e. The zero-order valence-corrected chi connectivity index (χ0v) is 16.6. The summed E-state index contributed by atoms with van der Waals surface area (Å²) in [5.74, 6) is -9.08. The Morgan fingerprint density at radius 1 is 0.786 bits per heavy atom. The van der Waals surface area contributed by atoms with Crippen molar-refractivity contribution in [1.82, 2.24) is 0 Å². The molecule has 0 aliphatic carbocycles. The average molecular weight is 424 g/mol. The lowest BCUT2D eigenvalue weighted by Gasteiger charge is -2.26. The van der Waals surface area contributed by atoms with Gasteiger partial charge >= 0.3 is 8.80 Å². The van der Waals surface area contributed by atoms with E-state index in [1.807, 2.05) is 0 Å². The summed E-state index contributed by atoms with van der Waals surface area (Å²) < 4.78 is 68.0. The van der Waals surface area contributed by atoms with Crippen LogP contribution in [0, 0.1) is 23.3 Å². The van der Waals surface area contributed by atoms with Gasteiger partial charge in [-0.2, -0.15) is 0 Å². The second-order valence-electron chi connectivity index (χ2n) is 5.98. The van der Waals surface area contributed by atoms with E-state index in [-0.39, 0.29) is 30.9 Å². The molecule has 0 heterocycles. The average Bonchev–Trinajstić information content (AvgIpc) is 2.55. The van der Waals surface area contributed by atoms with Crippen LogP contribution in [0.25, 0.3) is 0 Å². The standard InChI is InChI=1S/C17H20F4O6Si/c1-10(22)25-28(26-11(2)23,27-12(3)24)8-6-4-5-7-13-9-14(18)16(20)17(21)15(13)19/h9H,4-8H2,1-3H3. The molecule has 1 aromatic carbocycles. The minimum absolute atomic E-state index is 0.0691. The lowest BCUT2D eigenvalue weighted by molar-refractivity contribution is -0.147. The van der Waals surface area contributed by atoms with Gasteiger partial charge in [-0.1, -0.05) is 6.42 Å². The van der Waals surface area contributed by atoms with Gasteiger partial charge in [0, 0.05) is 20.8 Å². The maximum atomic E-state index is 13.6. The molecular formula is C17H20F4O6Si. The zero-order valence-electron chi connectivity index (χ0n) is 15.6. The van der Waals surface area contributed by atoms with Crippen LogP contribution < -0.4 is 0 Å². The molecule has 1 aromatic rings. The predicted octanol–water partition coefficient (Wildman–Crippen LogP) is 3.58. The number of carbonyl (C=O) groups is 3. The second kappa shape index (κ2) is 10.2. The molecule has 0 radical (unpaired) electrons. The molecule has 0 spiro atoms. The molecule has 0 unspecified atom stereocenters. The summed E-state index contributed by atoms with van der Waals surface area (Å²) in [6.07, 6.45) is 0.738. The van der Waals surface area contributed by atoms with Crippen LogP contribution in [0.4, 0.5) is 17.6 Å². The molecule has 0 aliphatic rings. The van der Waals surface area contributed by atoms with Gasteiger partial charge in [0.1, 0.15) is 0 Å². The third kappa shape index (κ3) is 6.95. The summed E-state index contributed by atoms with van der Waals surface area (Å²) in [6, 6.07) is 0.518. The Balaban J connectivity index is 2.73. The van der Waals surface area contributed by atoms with Crippen molar-refractivity contribution in [2.75, 3.05) is 0 Å². The van der Waals surface area contributed by atoms with Crippen LogP contribution in [0.15, 0.2) is 6.07 Å². The van der Waals surface area contributed by atoms with Gasteiger partial charge in [-0.3, -0.25) is 14.4 Å². The van der Waals surface area contributed by atoms with Crippen molar-refractivity contribution in [3.63, 3.8) is 0 Å². The Hall–Kier alpha value is -2.43. The normalized spacial score (nSPS) is 11.1. The number of unbranched alkanes of at least 4 members (excludes halogenated alkanes) is 2. The lowest BCUT2D eigenvalue weighted by atomic mass is 10.1. The Morgan fingerprint density at radius 2 is 1.29 bits per heavy atom. The maximum absolute atomic E-state index is 13.6. The second-order valence-corrected chi connectivity index (χ2v) is 8.46. The molecule has 0 aliphatic heterocycles. The first-order valence-electron chi connectivity index (χ1n) is 8.38. The molecule has 11 heteroatoms. The molecule has 28 heavy (non-hydrogen) atoms. The summed E-state index contributed by atoms with van der Waals surface area (Å²) in [5.41, 5.74) is -0.320. The van der Waals surface area contributed by atoms with Crippen LogP contribution in [-0.2, 0) is 34.1 Å². The van der Waals surface area contributed by atoms with E-state index in [1.165, 1.54) is 0 Å². The molecule has 0 aromatic heterocycles. The first-order valence-corrected chi connectivity index (χ1v) is 10.3. The summed E-state index contributed by atoms with van der Waals surface area (Å²) in [5, 5.41) is 0. The highest BCUT2D eigenvalue weighted by molar-refractivity contribution is 6.65. The molecule has 0 atom stereocenters. The number of rotatable bonds is 9. The van der Waals surface area contributed by atoms with Crippen molar-refractivity contribution in [2.45, 2.75) is 52.5 Å². The van der Waals surface area contributed by atoms with Gasteiger partial charge in [0.05, 0.1) is 6.04 Å². The first kappa shape index (κ1) is 23.6. The van der Waals surface area contributed by atoms with Crippen molar-refractivity contribution in [1.29, 1.82) is 0 Å². The van der Waals surface area contributed by atoms with E-state index in [1.54, 1.807) is 0 Å². The highest BCUT2D eigenvalue weighted by Gasteiger charge is 2.51. The molecule has 0 N–H and O–H groups in total. The van der Waals surface area contributed by atoms with Crippen molar-refractivity contribution < 1.29 is 45.2 Å². The molecule has 0 amide bonds. The fourth-order valence-corrected chi connectivity index (χ4v) is 4.94. The number of hydrogen-bond donors (Lipinski definition) is 0. The minimum atomic E-state index is -3.94. The highest BCUT2D eigenvalue weighted by atomic mass is 28.4. The lowest BCUT2D eigenvalue weighted by Crippen LogP contribution is -2.49. The highest BCUT2D eigenvalue weighted by Crippen LogP contribution is 2.23. The quantitative estimate of drug-likeness (QED) is 0.198. The molecule has 0 fully saturated rings. The van der Waals surface area contributed by atoms with E-state index in [0.29, 0.717) is 12.5 Å². The van der Waals surface area contributed by atoms with Gasteiger partial charge in [-0.15, -0.1) is 0 Å². The van der Waals surface area contributed by atoms with Crippen LogP contribution in [0.3, 0.4) is 0 Å². The Morgan fingerprint density at radius 3 is 1.75 bits per heavy atom. The van der Waals surface area contributed by atoms with Crippen molar-refractivity contribution >= 4 is 26.7 Å². The number of halogens is 4. The van der Waals surface area contributed by atoms with E-state index >= 15 is 0 Å². The number of benzene rings is 1. The van der Waals surface area contributed by atoms with Gasteiger partial charge in [-0.25, -0.2) is 17.6 Å².